The number of ether oxygens (including phenoxy) is 4. The van der Waals surface area contributed by atoms with Crippen LogP contribution in [0.2, 0.25) is 0 Å². The molecular weight excluding hydrogens is 1050 g/mol. The molecule has 364 valence electrons. The molecule has 71 heavy (non-hydrogen) atoms. The van der Waals surface area contributed by atoms with E-state index in [-0.39, 0.29) is 40.8 Å². The van der Waals surface area contributed by atoms with Gasteiger partial charge in [0.1, 0.15) is 31.8 Å². The monoisotopic (exact) mass is 1110 g/mol. The molecular formula is C60H62Cl2N2O4P2Ru+4. The second kappa shape index (κ2) is 23.7. The van der Waals surface area contributed by atoms with Crippen molar-refractivity contribution in [2.75, 3.05) is 13.6 Å². The fraction of sp³-hybridized carbons (Fsp3) is 0.200. The van der Waals surface area contributed by atoms with Gasteiger partial charge in [0, 0.05) is 12.1 Å². The quantitative estimate of drug-likeness (QED) is 0.105. The Kier molecular flexibility index (Phi) is 17.4. The van der Waals surface area contributed by atoms with Gasteiger partial charge in [0.2, 0.25) is 13.6 Å². The Hall–Kier alpha value is -5.06. The third-order valence-corrected chi connectivity index (χ3v) is 18.0. The van der Waals surface area contributed by atoms with E-state index in [9.17, 15) is 0 Å². The molecule has 6 nitrogen and oxygen atoms in total. The molecule has 0 spiro atoms. The predicted octanol–water partition coefficient (Wildman–Crippen LogP) is 12.0. The molecule has 11 heteroatoms. The van der Waals surface area contributed by atoms with Crippen molar-refractivity contribution in [3.05, 3.63) is 213 Å². The summed E-state index contributed by atoms with van der Waals surface area (Å²) in [6.07, 6.45) is 0. The zero-order valence-electron chi connectivity index (χ0n) is 41.5. The summed E-state index contributed by atoms with van der Waals surface area (Å²) in [6.45, 7) is 18.0. The second-order valence-corrected chi connectivity index (χ2v) is 26.1. The van der Waals surface area contributed by atoms with Crippen LogP contribution in [0.25, 0.3) is 11.1 Å². The van der Waals surface area contributed by atoms with E-state index in [1.807, 2.05) is 60.7 Å². The van der Waals surface area contributed by atoms with Crippen LogP contribution in [0.15, 0.2) is 158 Å². The third kappa shape index (κ3) is 12.2. The molecule has 2 aliphatic rings. The summed E-state index contributed by atoms with van der Waals surface area (Å²) >= 11 is -0.346. The van der Waals surface area contributed by atoms with Crippen molar-refractivity contribution < 1.29 is 34.1 Å². The summed E-state index contributed by atoms with van der Waals surface area (Å²) < 4.78 is 25.4. The molecule has 0 aromatic heterocycles. The average molecular weight is 1110 g/mol. The van der Waals surface area contributed by atoms with Crippen LogP contribution in [0.1, 0.15) is 67.7 Å². The zero-order chi connectivity index (χ0) is 50.3. The maximum atomic E-state index is 6.53. The van der Waals surface area contributed by atoms with Crippen molar-refractivity contribution in [3.8, 4) is 34.1 Å². The van der Waals surface area contributed by atoms with E-state index < -0.39 is 15.8 Å². The van der Waals surface area contributed by atoms with Crippen LogP contribution >= 0.6 is 35.2 Å². The molecule has 8 aromatic carbocycles. The average Bonchev–Trinajstić information content (AvgIpc) is 4.02. The molecule has 8 aromatic rings. The molecule has 2 heterocycles. The number of halogens is 2. The van der Waals surface area contributed by atoms with Crippen LogP contribution in [-0.2, 0) is 15.1 Å². The first-order valence-electron chi connectivity index (χ1n) is 23.6. The summed E-state index contributed by atoms with van der Waals surface area (Å²) in [4.78, 5) is 0. The van der Waals surface area contributed by atoms with Crippen molar-refractivity contribution >= 4 is 67.1 Å². The number of fused-ring (bicyclic) bond motifs is 2. The van der Waals surface area contributed by atoms with E-state index in [2.05, 4.69) is 152 Å². The van der Waals surface area contributed by atoms with E-state index in [0.29, 0.717) is 0 Å². The van der Waals surface area contributed by atoms with Crippen LogP contribution in [-0.4, -0.2) is 13.6 Å². The van der Waals surface area contributed by atoms with Gasteiger partial charge in [-0.2, -0.15) is 0 Å². The fourth-order valence-electron chi connectivity index (χ4n) is 10.1. The molecule has 10 rings (SSSR count). The Morgan fingerprint density at radius 1 is 0.394 bits per heavy atom. The molecule has 0 saturated heterocycles. The van der Waals surface area contributed by atoms with E-state index in [4.69, 9.17) is 49.8 Å². The maximum absolute atomic E-state index is 6.53. The van der Waals surface area contributed by atoms with E-state index in [1.165, 1.54) is 76.3 Å². The van der Waals surface area contributed by atoms with E-state index in [0.717, 1.165) is 45.3 Å². The number of hydrogen-bond acceptors (Lipinski definition) is 6. The van der Waals surface area contributed by atoms with Crippen molar-refractivity contribution in [1.82, 2.24) is 0 Å². The SMILES string of the molecule is Cc1cc(C)cc([PH+](c2cc(C)cc(C)c2)c2ccc3c(c2-c2c([PH+](c4cc(C)cc(C)c4)c4cc(C)cc(C)c4)ccc4c2OCO4)OCO3)c1.N[C@@H](c1ccccc1)[C@@H](N)c1ccccc1.[Cl][Ru+2][Cl]. The Balaban J connectivity index is 0.000000298. The first kappa shape index (κ1) is 52.3. The Bertz CT molecular complexity index is 2760. The minimum atomic E-state index is -1.60. The van der Waals surface area contributed by atoms with Gasteiger partial charge >= 0.3 is 34.5 Å². The molecule has 0 radical (unpaired) electrons. The molecule has 0 saturated carbocycles. The summed E-state index contributed by atoms with van der Waals surface area (Å²) in [6, 6.07) is 56.5. The molecule has 0 aliphatic carbocycles. The second-order valence-electron chi connectivity index (χ2n) is 18.6. The Morgan fingerprint density at radius 2 is 0.662 bits per heavy atom. The van der Waals surface area contributed by atoms with Gasteiger partial charge in [-0.05, 0) is 184 Å². The molecule has 4 N–H and O–H groups in total. The van der Waals surface area contributed by atoms with Gasteiger partial charge in [0.15, 0.2) is 23.0 Å². The van der Waals surface area contributed by atoms with Crippen molar-refractivity contribution in [2.24, 2.45) is 11.5 Å². The van der Waals surface area contributed by atoms with Crippen molar-refractivity contribution in [3.63, 3.8) is 0 Å². The number of aryl methyl sites for hydroxylation is 8. The number of rotatable bonds is 10. The zero-order valence-corrected chi connectivity index (χ0v) is 46.7. The molecule has 0 fully saturated rings. The van der Waals surface area contributed by atoms with Gasteiger partial charge < -0.3 is 30.4 Å². The molecule has 2 aliphatic heterocycles. The van der Waals surface area contributed by atoms with Crippen molar-refractivity contribution in [1.29, 1.82) is 0 Å². The Morgan fingerprint density at radius 3 is 0.930 bits per heavy atom. The van der Waals surface area contributed by atoms with Crippen LogP contribution < -0.4 is 62.2 Å². The van der Waals surface area contributed by atoms with Gasteiger partial charge in [0.25, 0.3) is 0 Å². The topological polar surface area (TPSA) is 89.0 Å². The summed E-state index contributed by atoms with van der Waals surface area (Å²) in [5.41, 5.74) is 26.6. The summed E-state index contributed by atoms with van der Waals surface area (Å²) in [7, 11) is 6.51. The normalized spacial score (nSPS) is 13.0. The van der Waals surface area contributed by atoms with Gasteiger partial charge in [-0.15, -0.1) is 0 Å². The van der Waals surface area contributed by atoms with Gasteiger partial charge in [-0.25, -0.2) is 0 Å². The molecule has 0 amide bonds. The molecule has 2 atom stereocenters. The van der Waals surface area contributed by atoms with Gasteiger partial charge in [-0.1, -0.05) is 84.9 Å². The fourth-order valence-corrected chi connectivity index (χ4v) is 16.4. The Labute approximate surface area is 438 Å². The molecule has 0 unspecified atom stereocenters. The van der Waals surface area contributed by atoms with Crippen molar-refractivity contribution in [2.45, 2.75) is 67.5 Å². The third-order valence-electron chi connectivity index (χ3n) is 12.7. The molecule has 0 bridgehead atoms. The van der Waals surface area contributed by atoms with Crippen LogP contribution in [0.5, 0.6) is 23.0 Å². The van der Waals surface area contributed by atoms with E-state index >= 15 is 0 Å². The standard InChI is InChI=1S/C46H44O4P2.C14H16N2.2ClH.Ru/c1-27-13-28(2)18-35(17-27)51(36-19-29(3)14-30(4)20-36)41-11-9-39-45(49-25-47-39)43(41)44-42(12-10-40-46(44)50-26-48-40)52(37-21-31(5)15-32(6)22-37)38-23-33(7)16-34(8)24-38;15-13(11-7-3-1-4-8-11)14(16)12-9-5-2-6-10-12;;;/h9-24H,25-26H2,1-8H3;1-10,13-14H,15-16H2;2*1H;/q;;;;+4/t;13-,14-;;;/m.0.../s1. The minimum absolute atomic E-state index is 0.163. The summed E-state index contributed by atoms with van der Waals surface area (Å²) in [5, 5.41) is 7.86. The number of nitrogens with two attached hydrogens (primary N) is 2. The predicted molar refractivity (Wildman–Crippen MR) is 301 cm³/mol. The van der Waals surface area contributed by atoms with Crippen LogP contribution in [0, 0.1) is 55.4 Å². The van der Waals surface area contributed by atoms with Crippen LogP contribution in [0.4, 0.5) is 0 Å². The number of hydrogen-bond donors (Lipinski definition) is 2. The van der Waals surface area contributed by atoms with E-state index in [1.54, 1.807) is 0 Å². The summed E-state index contributed by atoms with van der Waals surface area (Å²) in [5.74, 6) is 3.08. The van der Waals surface area contributed by atoms with Gasteiger partial charge in [0.05, 0.1) is 27.0 Å². The van der Waals surface area contributed by atoms with Gasteiger partial charge in [-0.3, -0.25) is 0 Å². The van der Waals surface area contributed by atoms with Crippen LogP contribution in [0.3, 0.4) is 0 Å². The first-order valence-corrected chi connectivity index (χ1v) is 31.1. The number of benzene rings is 8. The first-order chi connectivity index (χ1) is 34.2.